The summed E-state index contributed by atoms with van der Waals surface area (Å²) in [4.78, 5) is 24.8. The molecule has 1 N–H and O–H groups in total. The number of carbonyl (C=O) groups excluding carboxylic acids is 2. The summed E-state index contributed by atoms with van der Waals surface area (Å²) in [6.45, 7) is 1.43. The lowest BCUT2D eigenvalue weighted by molar-refractivity contribution is -0.123. The molecule has 132 valence electrons. The third kappa shape index (κ3) is 5.04. The number of carbonyl (C=O) groups is 2. The van der Waals surface area contributed by atoms with Crippen LogP contribution >= 0.6 is 23.2 Å². The Bertz CT molecular complexity index is 841. The van der Waals surface area contributed by atoms with Gasteiger partial charge < -0.3 is 10.1 Å². The van der Waals surface area contributed by atoms with E-state index < -0.39 is 28.8 Å². The van der Waals surface area contributed by atoms with Gasteiger partial charge in [0, 0.05) is 11.3 Å². The normalized spacial score (nSPS) is 13.0. The fourth-order valence-electron chi connectivity index (χ4n) is 1.99. The van der Waals surface area contributed by atoms with E-state index in [1.165, 1.54) is 25.3 Å². The minimum Gasteiger partial charge on any atom is -0.449 e. The number of rotatable bonds is 5. The average molecular weight is 400 g/mol. The number of halogens is 2. The maximum Gasteiger partial charge on any atom is 0.340 e. The Morgan fingerprint density at radius 1 is 1.16 bits per heavy atom. The van der Waals surface area contributed by atoms with Gasteiger partial charge in [-0.1, -0.05) is 35.3 Å². The molecule has 5 nitrogen and oxygen atoms in total. The summed E-state index contributed by atoms with van der Waals surface area (Å²) in [7, 11) is -1.36. The molecule has 0 fully saturated rings. The van der Waals surface area contributed by atoms with E-state index in [-0.39, 0.29) is 5.56 Å². The van der Waals surface area contributed by atoms with Gasteiger partial charge in [-0.25, -0.2) is 4.79 Å². The van der Waals surface area contributed by atoms with Gasteiger partial charge in [-0.15, -0.1) is 0 Å². The first kappa shape index (κ1) is 19.4. The number of hydrogen-bond acceptors (Lipinski definition) is 4. The van der Waals surface area contributed by atoms with Crippen molar-refractivity contribution in [2.75, 3.05) is 11.6 Å². The fraction of sp³-hybridized carbons (Fsp3) is 0.176. The topological polar surface area (TPSA) is 72.5 Å². The predicted octanol–water partition coefficient (Wildman–Crippen LogP) is 3.91. The fourth-order valence-corrected chi connectivity index (χ4v) is 3.06. The van der Waals surface area contributed by atoms with Crippen molar-refractivity contribution in [1.29, 1.82) is 0 Å². The van der Waals surface area contributed by atoms with E-state index >= 15 is 0 Å². The van der Waals surface area contributed by atoms with Gasteiger partial charge in [-0.2, -0.15) is 0 Å². The Hall–Kier alpha value is -1.89. The largest absolute Gasteiger partial charge is 0.449 e. The van der Waals surface area contributed by atoms with Crippen LogP contribution in [0, 0.1) is 0 Å². The van der Waals surface area contributed by atoms with Gasteiger partial charge in [0.15, 0.2) is 6.10 Å². The second-order valence-corrected chi connectivity index (χ2v) is 7.30. The van der Waals surface area contributed by atoms with Crippen molar-refractivity contribution < 1.29 is 18.5 Å². The summed E-state index contributed by atoms with van der Waals surface area (Å²) in [5.74, 6) is -1.29. The minimum absolute atomic E-state index is 0.156. The highest BCUT2D eigenvalue weighted by Crippen LogP contribution is 2.25. The monoisotopic (exact) mass is 399 g/mol. The molecule has 0 aromatic heterocycles. The molecule has 0 saturated heterocycles. The quantitative estimate of drug-likeness (QED) is 0.773. The van der Waals surface area contributed by atoms with Crippen LogP contribution in [0.1, 0.15) is 17.3 Å². The molecule has 0 unspecified atom stereocenters. The Labute approximate surface area is 157 Å². The molecule has 2 aromatic carbocycles. The molecule has 0 aliphatic heterocycles. The number of nitrogens with one attached hydrogen (secondary N) is 1. The molecule has 0 radical (unpaired) electrons. The number of amides is 1. The maximum atomic E-state index is 12.3. The highest BCUT2D eigenvalue weighted by atomic mass is 35.5. The van der Waals surface area contributed by atoms with Gasteiger partial charge in [0.25, 0.3) is 5.91 Å². The third-order valence-corrected chi connectivity index (χ3v) is 4.80. The minimum atomic E-state index is -1.36. The number of esters is 1. The Morgan fingerprint density at radius 2 is 1.84 bits per heavy atom. The predicted molar refractivity (Wildman–Crippen MR) is 98.7 cm³/mol. The van der Waals surface area contributed by atoms with Crippen molar-refractivity contribution in [3.63, 3.8) is 0 Å². The third-order valence-electron chi connectivity index (χ3n) is 3.26. The van der Waals surface area contributed by atoms with Crippen LogP contribution in [0.5, 0.6) is 0 Å². The first-order valence-corrected chi connectivity index (χ1v) is 9.50. The summed E-state index contributed by atoms with van der Waals surface area (Å²) in [6.07, 6.45) is 0.379. The Kier molecular flexibility index (Phi) is 6.58. The zero-order chi connectivity index (χ0) is 18.6. The molecule has 2 rings (SSSR count). The lowest BCUT2D eigenvalue weighted by Gasteiger charge is -2.15. The molecule has 0 spiro atoms. The van der Waals surface area contributed by atoms with E-state index in [4.69, 9.17) is 27.9 Å². The number of hydrogen-bond donors (Lipinski definition) is 1. The van der Waals surface area contributed by atoms with Crippen molar-refractivity contribution >= 4 is 51.6 Å². The van der Waals surface area contributed by atoms with Gasteiger partial charge in [0.05, 0.1) is 32.0 Å². The van der Waals surface area contributed by atoms with E-state index in [0.29, 0.717) is 20.6 Å². The maximum absolute atomic E-state index is 12.3. The van der Waals surface area contributed by atoms with Crippen LogP contribution in [0.4, 0.5) is 5.69 Å². The summed E-state index contributed by atoms with van der Waals surface area (Å²) in [5, 5.41) is 3.27. The molecular formula is C17H15Cl2NO4S. The lowest BCUT2D eigenvalue weighted by Crippen LogP contribution is -2.30. The van der Waals surface area contributed by atoms with Crippen LogP contribution in [0.15, 0.2) is 47.4 Å². The number of ether oxygens (including phenoxy) is 1. The van der Waals surface area contributed by atoms with Crippen molar-refractivity contribution in [1.82, 2.24) is 0 Å². The highest BCUT2D eigenvalue weighted by Gasteiger charge is 2.22. The van der Waals surface area contributed by atoms with Crippen molar-refractivity contribution in [3.8, 4) is 0 Å². The highest BCUT2D eigenvalue weighted by molar-refractivity contribution is 7.84. The number of anilines is 1. The second kappa shape index (κ2) is 8.47. The van der Waals surface area contributed by atoms with Crippen molar-refractivity contribution in [2.24, 2.45) is 0 Å². The molecule has 2 atom stereocenters. The van der Waals surface area contributed by atoms with Gasteiger partial charge in [0.2, 0.25) is 0 Å². The molecule has 0 bridgehead atoms. The molecule has 0 aliphatic rings. The lowest BCUT2D eigenvalue weighted by atomic mass is 10.2. The molecule has 1 amide bonds. The molecule has 0 aliphatic carbocycles. The van der Waals surface area contributed by atoms with Crippen LogP contribution in [0.3, 0.4) is 0 Å². The summed E-state index contributed by atoms with van der Waals surface area (Å²) < 4.78 is 16.9. The van der Waals surface area contributed by atoms with E-state index in [9.17, 15) is 13.8 Å². The van der Waals surface area contributed by atoms with E-state index in [0.717, 1.165) is 0 Å². The molecular weight excluding hydrogens is 385 g/mol. The van der Waals surface area contributed by atoms with Crippen LogP contribution in [-0.4, -0.2) is 28.4 Å². The molecule has 0 saturated carbocycles. The van der Waals surface area contributed by atoms with Gasteiger partial charge in [0.1, 0.15) is 0 Å². The number of benzene rings is 2. The first-order valence-electron chi connectivity index (χ1n) is 7.19. The van der Waals surface area contributed by atoms with Crippen molar-refractivity contribution in [3.05, 3.63) is 58.1 Å². The molecule has 8 heteroatoms. The molecule has 2 aromatic rings. The van der Waals surface area contributed by atoms with Crippen LogP contribution < -0.4 is 5.32 Å². The van der Waals surface area contributed by atoms with E-state index in [2.05, 4.69) is 5.32 Å². The van der Waals surface area contributed by atoms with Crippen LogP contribution in [0.25, 0.3) is 0 Å². The smallest absolute Gasteiger partial charge is 0.340 e. The molecule has 0 heterocycles. The zero-order valence-electron chi connectivity index (χ0n) is 13.4. The van der Waals surface area contributed by atoms with Crippen LogP contribution in [-0.2, 0) is 20.3 Å². The Morgan fingerprint density at radius 3 is 2.52 bits per heavy atom. The Balaban J connectivity index is 2.10. The summed E-state index contributed by atoms with van der Waals surface area (Å²) in [5.41, 5.74) is 0.473. The van der Waals surface area contributed by atoms with Gasteiger partial charge >= 0.3 is 5.97 Å². The zero-order valence-corrected chi connectivity index (χ0v) is 15.7. The second-order valence-electron chi connectivity index (χ2n) is 5.11. The summed E-state index contributed by atoms with van der Waals surface area (Å²) >= 11 is 11.9. The van der Waals surface area contributed by atoms with Crippen LogP contribution in [0.2, 0.25) is 10.0 Å². The first-order chi connectivity index (χ1) is 11.8. The summed E-state index contributed by atoms with van der Waals surface area (Å²) in [6, 6.07) is 11.0. The van der Waals surface area contributed by atoms with Gasteiger partial charge in [-0.3, -0.25) is 9.00 Å². The van der Waals surface area contributed by atoms with E-state index in [1.54, 1.807) is 30.3 Å². The SMILES string of the molecule is C[C@H](OC(=O)c1ccccc1[S@@](C)=O)C(=O)Nc1cc(Cl)ccc1Cl. The average Bonchev–Trinajstić information content (AvgIpc) is 2.57. The molecule has 25 heavy (non-hydrogen) atoms. The van der Waals surface area contributed by atoms with E-state index in [1.807, 2.05) is 0 Å². The van der Waals surface area contributed by atoms with Crippen molar-refractivity contribution in [2.45, 2.75) is 17.9 Å². The standard InChI is InChI=1S/C17H15Cl2NO4S/c1-10(16(21)20-14-9-11(18)7-8-13(14)19)24-17(22)12-5-3-4-6-15(12)25(2)23/h3-10H,1-2H3,(H,20,21)/t10-,25+/m0/s1. The van der Waals surface area contributed by atoms with Gasteiger partial charge in [-0.05, 0) is 37.3 Å².